The van der Waals surface area contributed by atoms with Crippen molar-refractivity contribution in [2.45, 2.75) is 33.1 Å². The zero-order chi connectivity index (χ0) is 18.1. The number of aromatic hydroxyl groups is 2. The fourth-order valence-electron chi connectivity index (χ4n) is 1.93. The van der Waals surface area contributed by atoms with Crippen LogP contribution in [0, 0.1) is 5.92 Å². The summed E-state index contributed by atoms with van der Waals surface area (Å²) in [4.78, 5) is 22.7. The van der Waals surface area contributed by atoms with Gasteiger partial charge in [-0.2, -0.15) is 0 Å². The van der Waals surface area contributed by atoms with E-state index < -0.39 is 17.6 Å². The number of phenols is 2. The Balaban J connectivity index is 2.75. The van der Waals surface area contributed by atoms with Crippen molar-refractivity contribution >= 4 is 17.5 Å². The highest BCUT2D eigenvalue weighted by molar-refractivity contribution is 6.00. The van der Waals surface area contributed by atoms with Gasteiger partial charge in [0.2, 0.25) is 11.8 Å². The number of hydrogen-bond donors (Lipinski definition) is 4. The van der Waals surface area contributed by atoms with E-state index in [1.807, 2.05) is 6.08 Å². The molecule has 24 heavy (non-hydrogen) atoms. The molecule has 1 rings (SSSR count). The van der Waals surface area contributed by atoms with E-state index in [1.165, 1.54) is 18.2 Å². The number of primary amides is 1. The van der Waals surface area contributed by atoms with Crippen LogP contribution in [0.15, 0.2) is 36.4 Å². The monoisotopic (exact) mass is 332 g/mol. The number of allylic oxidation sites excluding steroid dienone is 3. The van der Waals surface area contributed by atoms with Crippen LogP contribution in [0.1, 0.15) is 32.3 Å². The Labute approximate surface area is 141 Å². The predicted molar refractivity (Wildman–Crippen MR) is 93.7 cm³/mol. The summed E-state index contributed by atoms with van der Waals surface area (Å²) in [5.41, 5.74) is 5.75. The molecule has 130 valence electrons. The molecule has 0 aliphatic rings. The van der Waals surface area contributed by atoms with Crippen molar-refractivity contribution in [1.29, 1.82) is 0 Å². The van der Waals surface area contributed by atoms with E-state index in [4.69, 9.17) is 5.73 Å². The molecule has 5 N–H and O–H groups in total. The van der Waals surface area contributed by atoms with E-state index in [0.29, 0.717) is 17.9 Å². The van der Waals surface area contributed by atoms with Crippen LogP contribution >= 0.6 is 0 Å². The zero-order valence-electron chi connectivity index (χ0n) is 14.0. The van der Waals surface area contributed by atoms with Crippen LogP contribution < -0.4 is 11.1 Å². The van der Waals surface area contributed by atoms with E-state index in [-0.39, 0.29) is 17.9 Å². The first kappa shape index (κ1) is 19.3. The zero-order valence-corrected chi connectivity index (χ0v) is 14.0. The molecule has 2 amide bonds. The van der Waals surface area contributed by atoms with Gasteiger partial charge in [0.25, 0.3) is 0 Å². The molecular formula is C18H24N2O4. The fourth-order valence-corrected chi connectivity index (χ4v) is 1.93. The van der Waals surface area contributed by atoms with E-state index in [1.54, 1.807) is 12.2 Å². The standard InChI is InChI=1S/C18H24N2O4/c1-12(2)6-4-3-5-7-17(23)20-14-10-13(8-9-16(19)22)11-15(21)18(14)24/h3-5,7,10-12,21,24H,6,8-9H2,1-2H3,(H2,19,22)(H,20,23). The largest absolute Gasteiger partial charge is 0.504 e. The Hall–Kier alpha value is -2.76. The topological polar surface area (TPSA) is 113 Å². The van der Waals surface area contributed by atoms with Crippen LogP contribution in [0.5, 0.6) is 11.5 Å². The summed E-state index contributed by atoms with van der Waals surface area (Å²) in [6.45, 7) is 4.20. The number of anilines is 1. The maximum atomic E-state index is 11.9. The highest BCUT2D eigenvalue weighted by atomic mass is 16.3. The second kappa shape index (κ2) is 9.39. The highest BCUT2D eigenvalue weighted by Crippen LogP contribution is 2.35. The van der Waals surface area contributed by atoms with E-state index in [0.717, 1.165) is 6.42 Å². The lowest BCUT2D eigenvalue weighted by molar-refractivity contribution is -0.118. The molecule has 0 aromatic heterocycles. The number of benzene rings is 1. The van der Waals surface area contributed by atoms with Gasteiger partial charge < -0.3 is 21.3 Å². The van der Waals surface area contributed by atoms with Crippen molar-refractivity contribution in [1.82, 2.24) is 0 Å². The Morgan fingerprint density at radius 2 is 1.96 bits per heavy atom. The molecule has 1 aromatic carbocycles. The average Bonchev–Trinajstić information content (AvgIpc) is 2.49. The summed E-state index contributed by atoms with van der Waals surface area (Å²) in [5, 5.41) is 22.0. The third-order valence-electron chi connectivity index (χ3n) is 3.17. The summed E-state index contributed by atoms with van der Waals surface area (Å²) in [6.07, 6.45) is 8.00. The van der Waals surface area contributed by atoms with E-state index >= 15 is 0 Å². The number of aryl methyl sites for hydroxylation is 1. The third-order valence-corrected chi connectivity index (χ3v) is 3.17. The van der Waals surface area contributed by atoms with Crippen molar-refractivity contribution in [3.05, 3.63) is 42.0 Å². The molecule has 6 heteroatoms. The van der Waals surface area contributed by atoms with Gasteiger partial charge >= 0.3 is 0 Å². The van der Waals surface area contributed by atoms with Gasteiger partial charge in [-0.1, -0.05) is 32.1 Å². The number of phenolic OH excluding ortho intramolecular Hbond substituents is 2. The molecule has 0 radical (unpaired) electrons. The quantitative estimate of drug-likeness (QED) is 0.333. The van der Waals surface area contributed by atoms with Crippen molar-refractivity contribution in [2.24, 2.45) is 11.7 Å². The number of nitrogens with one attached hydrogen (secondary N) is 1. The first-order valence-electron chi connectivity index (χ1n) is 7.77. The van der Waals surface area contributed by atoms with E-state index in [9.17, 15) is 19.8 Å². The average molecular weight is 332 g/mol. The summed E-state index contributed by atoms with van der Waals surface area (Å²) in [5.74, 6) is -1.15. The van der Waals surface area contributed by atoms with Gasteiger partial charge in [0.15, 0.2) is 11.5 Å². The number of nitrogens with two attached hydrogens (primary N) is 1. The second-order valence-electron chi connectivity index (χ2n) is 5.88. The Morgan fingerprint density at radius 3 is 2.58 bits per heavy atom. The first-order chi connectivity index (χ1) is 11.3. The summed E-state index contributed by atoms with van der Waals surface area (Å²) >= 11 is 0. The molecule has 0 aliphatic carbocycles. The van der Waals surface area contributed by atoms with Crippen molar-refractivity contribution in [3.8, 4) is 11.5 Å². The Bertz CT molecular complexity index is 649. The van der Waals surface area contributed by atoms with Crippen LogP contribution in [0.4, 0.5) is 5.69 Å². The van der Waals surface area contributed by atoms with Gasteiger partial charge in [-0.05, 0) is 36.5 Å². The lowest BCUT2D eigenvalue weighted by Crippen LogP contribution is -2.12. The molecule has 0 bridgehead atoms. The lowest BCUT2D eigenvalue weighted by atomic mass is 10.1. The highest BCUT2D eigenvalue weighted by Gasteiger charge is 2.11. The Morgan fingerprint density at radius 1 is 1.25 bits per heavy atom. The number of rotatable bonds is 8. The lowest BCUT2D eigenvalue weighted by Gasteiger charge is -2.10. The maximum Gasteiger partial charge on any atom is 0.248 e. The predicted octanol–water partition coefficient (Wildman–Crippen LogP) is 2.61. The Kier molecular flexibility index (Phi) is 7.55. The van der Waals surface area contributed by atoms with Crippen LogP contribution in [0.2, 0.25) is 0 Å². The van der Waals surface area contributed by atoms with E-state index in [2.05, 4.69) is 19.2 Å². The van der Waals surface area contributed by atoms with Gasteiger partial charge in [-0.3, -0.25) is 9.59 Å². The van der Waals surface area contributed by atoms with Gasteiger partial charge in [0, 0.05) is 12.5 Å². The molecule has 1 aromatic rings. The molecule has 0 unspecified atom stereocenters. The van der Waals surface area contributed by atoms with Crippen molar-refractivity contribution in [2.75, 3.05) is 5.32 Å². The van der Waals surface area contributed by atoms with Gasteiger partial charge in [0.05, 0.1) is 5.69 Å². The third kappa shape index (κ3) is 7.00. The number of carbonyl (C=O) groups excluding carboxylic acids is 2. The maximum absolute atomic E-state index is 11.9. The summed E-state index contributed by atoms with van der Waals surface area (Å²) in [7, 11) is 0. The van der Waals surface area contributed by atoms with Gasteiger partial charge in [-0.15, -0.1) is 0 Å². The summed E-state index contributed by atoms with van der Waals surface area (Å²) in [6, 6.07) is 2.83. The number of amides is 2. The molecule has 6 nitrogen and oxygen atoms in total. The molecule has 0 saturated heterocycles. The molecule has 0 aliphatic heterocycles. The normalized spacial score (nSPS) is 11.5. The van der Waals surface area contributed by atoms with Crippen molar-refractivity contribution < 1.29 is 19.8 Å². The number of hydrogen-bond acceptors (Lipinski definition) is 4. The first-order valence-corrected chi connectivity index (χ1v) is 7.77. The van der Waals surface area contributed by atoms with Crippen LogP contribution in [0.25, 0.3) is 0 Å². The van der Waals surface area contributed by atoms with Crippen LogP contribution in [-0.4, -0.2) is 22.0 Å². The minimum atomic E-state index is -0.468. The minimum absolute atomic E-state index is 0.0790. The minimum Gasteiger partial charge on any atom is -0.504 e. The van der Waals surface area contributed by atoms with Gasteiger partial charge in [-0.25, -0.2) is 0 Å². The summed E-state index contributed by atoms with van der Waals surface area (Å²) < 4.78 is 0. The molecular weight excluding hydrogens is 308 g/mol. The van der Waals surface area contributed by atoms with Crippen LogP contribution in [0.3, 0.4) is 0 Å². The molecule has 0 heterocycles. The number of carbonyl (C=O) groups is 2. The SMILES string of the molecule is CC(C)CC=CC=CC(=O)Nc1cc(CCC(N)=O)cc(O)c1O. The smallest absolute Gasteiger partial charge is 0.248 e. The fraction of sp³-hybridized carbons (Fsp3) is 0.333. The van der Waals surface area contributed by atoms with Gasteiger partial charge in [0.1, 0.15) is 0 Å². The van der Waals surface area contributed by atoms with Crippen molar-refractivity contribution in [3.63, 3.8) is 0 Å². The second-order valence-corrected chi connectivity index (χ2v) is 5.88. The van der Waals surface area contributed by atoms with Crippen LogP contribution in [-0.2, 0) is 16.0 Å². The molecule has 0 fully saturated rings. The molecule has 0 atom stereocenters. The molecule has 0 spiro atoms. The molecule has 0 saturated carbocycles.